The van der Waals surface area contributed by atoms with Crippen molar-refractivity contribution in [3.05, 3.63) is 12.7 Å². The van der Waals surface area contributed by atoms with Gasteiger partial charge in [0.1, 0.15) is 5.60 Å². The molecule has 0 fully saturated rings. The van der Waals surface area contributed by atoms with E-state index in [1.54, 1.807) is 27.7 Å². The van der Waals surface area contributed by atoms with Crippen molar-refractivity contribution in [2.45, 2.75) is 45.4 Å². The Kier molecular flexibility index (Phi) is 4.63. The first-order valence-electron chi connectivity index (χ1n) is 4.56. The monoisotopic (exact) mass is 201 g/mol. The molecule has 0 aromatic heterocycles. The first-order valence-corrected chi connectivity index (χ1v) is 4.56. The zero-order valence-corrected chi connectivity index (χ0v) is 9.20. The van der Waals surface area contributed by atoms with Crippen molar-refractivity contribution in [2.75, 3.05) is 0 Å². The summed E-state index contributed by atoms with van der Waals surface area (Å²) in [5, 5.41) is 11.8. The Hall–Kier alpha value is -1.03. The molecule has 14 heavy (non-hydrogen) atoms. The van der Waals surface area contributed by atoms with Crippen LogP contribution in [0.4, 0.5) is 4.79 Å². The Morgan fingerprint density at radius 3 is 2.43 bits per heavy atom. The fourth-order valence-corrected chi connectivity index (χ4v) is 0.783. The molecule has 0 saturated heterocycles. The number of aliphatic hydroxyl groups excluding tert-OH is 1. The lowest BCUT2D eigenvalue weighted by Gasteiger charge is -2.23. The molecule has 0 aliphatic carbocycles. The molecule has 0 spiro atoms. The molecule has 0 aromatic carbocycles. The van der Waals surface area contributed by atoms with Crippen LogP contribution >= 0.6 is 0 Å². The summed E-state index contributed by atoms with van der Waals surface area (Å²) in [6.07, 6.45) is 0.0654. The van der Waals surface area contributed by atoms with Crippen molar-refractivity contribution in [1.82, 2.24) is 5.32 Å². The summed E-state index contributed by atoms with van der Waals surface area (Å²) >= 11 is 0. The van der Waals surface area contributed by atoms with E-state index in [4.69, 9.17) is 4.74 Å². The first-order chi connectivity index (χ1) is 6.26. The SMILES string of the molecule is C=C[C@H](O)[C@H](C)NC(=O)OC(C)(C)C. The highest BCUT2D eigenvalue weighted by molar-refractivity contribution is 5.68. The summed E-state index contributed by atoms with van der Waals surface area (Å²) in [5.74, 6) is 0. The summed E-state index contributed by atoms with van der Waals surface area (Å²) < 4.78 is 5.01. The van der Waals surface area contributed by atoms with E-state index in [0.29, 0.717) is 0 Å². The predicted molar refractivity (Wildman–Crippen MR) is 55.0 cm³/mol. The molecule has 0 unspecified atom stereocenters. The first kappa shape index (κ1) is 13.0. The maximum atomic E-state index is 11.2. The molecule has 0 aliphatic rings. The van der Waals surface area contributed by atoms with Crippen molar-refractivity contribution in [3.8, 4) is 0 Å². The number of hydrogen-bond acceptors (Lipinski definition) is 3. The minimum Gasteiger partial charge on any atom is -0.444 e. The number of amides is 1. The van der Waals surface area contributed by atoms with E-state index in [1.807, 2.05) is 0 Å². The summed E-state index contributed by atoms with van der Waals surface area (Å²) in [4.78, 5) is 11.2. The van der Waals surface area contributed by atoms with Crippen LogP contribution in [0.25, 0.3) is 0 Å². The quantitative estimate of drug-likeness (QED) is 0.679. The van der Waals surface area contributed by atoms with Crippen molar-refractivity contribution in [2.24, 2.45) is 0 Å². The molecule has 0 saturated carbocycles. The molecule has 82 valence electrons. The molecular formula is C10H19NO3. The van der Waals surface area contributed by atoms with Gasteiger partial charge in [0.15, 0.2) is 0 Å². The molecule has 1 amide bonds. The second kappa shape index (κ2) is 5.00. The van der Waals surface area contributed by atoms with Crippen LogP contribution in [0.1, 0.15) is 27.7 Å². The fourth-order valence-electron chi connectivity index (χ4n) is 0.783. The molecule has 4 heteroatoms. The summed E-state index contributed by atoms with van der Waals surface area (Å²) in [6, 6.07) is -0.401. The van der Waals surface area contributed by atoms with E-state index in [9.17, 15) is 9.90 Å². The molecule has 4 nitrogen and oxygen atoms in total. The van der Waals surface area contributed by atoms with Crippen LogP contribution in [0.3, 0.4) is 0 Å². The Bertz CT molecular complexity index is 208. The van der Waals surface area contributed by atoms with E-state index in [-0.39, 0.29) is 0 Å². The molecule has 0 heterocycles. The third-order valence-electron chi connectivity index (χ3n) is 1.50. The molecule has 2 atom stereocenters. The second-order valence-corrected chi connectivity index (χ2v) is 4.16. The van der Waals surface area contributed by atoms with E-state index in [0.717, 1.165) is 0 Å². The van der Waals surface area contributed by atoms with Crippen molar-refractivity contribution in [1.29, 1.82) is 0 Å². The average molecular weight is 201 g/mol. The third-order valence-corrected chi connectivity index (χ3v) is 1.50. The maximum Gasteiger partial charge on any atom is 0.407 e. The molecule has 0 bridgehead atoms. The highest BCUT2D eigenvalue weighted by Crippen LogP contribution is 2.07. The Balaban J connectivity index is 4.01. The highest BCUT2D eigenvalue weighted by atomic mass is 16.6. The Morgan fingerprint density at radius 2 is 2.07 bits per heavy atom. The number of rotatable bonds is 3. The standard InChI is InChI=1S/C10H19NO3/c1-6-8(12)7(2)11-9(13)14-10(3,4)5/h6-8,12H,1H2,2-5H3,(H,11,13)/t7-,8-/m0/s1. The van der Waals surface area contributed by atoms with Crippen molar-refractivity contribution < 1.29 is 14.6 Å². The van der Waals surface area contributed by atoms with Crippen LogP contribution in [0, 0.1) is 0 Å². The fraction of sp³-hybridized carbons (Fsp3) is 0.700. The summed E-state index contributed by atoms with van der Waals surface area (Å²) in [7, 11) is 0. The molecule has 0 rings (SSSR count). The molecule has 2 N–H and O–H groups in total. The van der Waals surface area contributed by atoms with Crippen LogP contribution in [0.5, 0.6) is 0 Å². The number of hydrogen-bond donors (Lipinski definition) is 2. The van der Waals surface area contributed by atoms with Gasteiger partial charge in [-0.3, -0.25) is 0 Å². The lowest BCUT2D eigenvalue weighted by molar-refractivity contribution is 0.0465. The Morgan fingerprint density at radius 1 is 1.57 bits per heavy atom. The van der Waals surface area contributed by atoms with E-state index in [1.165, 1.54) is 6.08 Å². The van der Waals surface area contributed by atoms with Crippen LogP contribution in [-0.4, -0.2) is 28.9 Å². The van der Waals surface area contributed by atoms with Gasteiger partial charge in [0, 0.05) is 0 Å². The largest absolute Gasteiger partial charge is 0.444 e. The van der Waals surface area contributed by atoms with Crippen LogP contribution in [0.15, 0.2) is 12.7 Å². The number of carbonyl (C=O) groups is 1. The average Bonchev–Trinajstić information content (AvgIpc) is 1.99. The lowest BCUT2D eigenvalue weighted by atomic mass is 10.2. The van der Waals surface area contributed by atoms with Gasteiger partial charge < -0.3 is 15.2 Å². The molecule has 0 radical (unpaired) electrons. The van der Waals surface area contributed by atoms with E-state index < -0.39 is 23.8 Å². The molecular weight excluding hydrogens is 182 g/mol. The van der Waals surface area contributed by atoms with Gasteiger partial charge in [-0.15, -0.1) is 6.58 Å². The predicted octanol–water partition coefficient (Wildman–Crippen LogP) is 1.45. The zero-order chi connectivity index (χ0) is 11.4. The van der Waals surface area contributed by atoms with E-state index >= 15 is 0 Å². The minimum atomic E-state index is -0.762. The third kappa shape index (κ3) is 5.59. The summed E-state index contributed by atoms with van der Waals surface area (Å²) in [6.45, 7) is 10.4. The maximum absolute atomic E-state index is 11.2. The van der Waals surface area contributed by atoms with Crippen molar-refractivity contribution >= 4 is 6.09 Å². The molecule has 0 aromatic rings. The number of carbonyl (C=O) groups excluding carboxylic acids is 1. The number of aliphatic hydroxyl groups is 1. The van der Waals surface area contributed by atoms with Crippen molar-refractivity contribution in [3.63, 3.8) is 0 Å². The topological polar surface area (TPSA) is 58.6 Å². The highest BCUT2D eigenvalue weighted by Gasteiger charge is 2.19. The van der Waals surface area contributed by atoms with Gasteiger partial charge in [-0.2, -0.15) is 0 Å². The number of nitrogens with one attached hydrogen (secondary N) is 1. The van der Waals surface area contributed by atoms with Crippen LogP contribution < -0.4 is 5.32 Å². The van der Waals surface area contributed by atoms with Gasteiger partial charge in [0.05, 0.1) is 12.1 Å². The Labute approximate surface area is 85.0 Å². The lowest BCUT2D eigenvalue weighted by Crippen LogP contribution is -2.42. The zero-order valence-electron chi connectivity index (χ0n) is 9.20. The van der Waals surface area contributed by atoms with Crippen LogP contribution in [-0.2, 0) is 4.74 Å². The van der Waals surface area contributed by atoms with Gasteiger partial charge in [-0.05, 0) is 27.7 Å². The minimum absolute atomic E-state index is 0.401. The number of alkyl carbamates (subject to hydrolysis) is 1. The molecule has 0 aliphatic heterocycles. The van der Waals surface area contributed by atoms with Gasteiger partial charge in [0.25, 0.3) is 0 Å². The summed E-state index contributed by atoms with van der Waals surface area (Å²) in [5.41, 5.74) is -0.525. The normalized spacial score (nSPS) is 15.5. The van der Waals surface area contributed by atoms with E-state index in [2.05, 4.69) is 11.9 Å². The van der Waals surface area contributed by atoms with Crippen LogP contribution in [0.2, 0.25) is 0 Å². The van der Waals surface area contributed by atoms with Gasteiger partial charge in [-0.1, -0.05) is 6.08 Å². The smallest absolute Gasteiger partial charge is 0.407 e. The van der Waals surface area contributed by atoms with Gasteiger partial charge >= 0.3 is 6.09 Å². The number of ether oxygens (including phenoxy) is 1. The van der Waals surface area contributed by atoms with Gasteiger partial charge in [-0.25, -0.2) is 4.79 Å². The van der Waals surface area contributed by atoms with Gasteiger partial charge in [0.2, 0.25) is 0 Å². The second-order valence-electron chi connectivity index (χ2n) is 4.16.